The molecule has 72 valence electrons. The lowest BCUT2D eigenvalue weighted by molar-refractivity contribution is 0.481. The molecule has 0 bridgehead atoms. The van der Waals surface area contributed by atoms with Crippen molar-refractivity contribution >= 4 is 0 Å². The van der Waals surface area contributed by atoms with Gasteiger partial charge in [-0.25, -0.2) is 4.98 Å². The fraction of sp³-hybridized carbons (Fsp3) is 0.300. The van der Waals surface area contributed by atoms with Gasteiger partial charge in [0.05, 0.1) is 24.7 Å². The molecule has 0 aromatic carbocycles. The van der Waals surface area contributed by atoms with Gasteiger partial charge in [-0.15, -0.1) is 0 Å². The van der Waals surface area contributed by atoms with Gasteiger partial charge in [0.1, 0.15) is 11.6 Å². The van der Waals surface area contributed by atoms with Crippen LogP contribution in [0.4, 0.5) is 0 Å². The van der Waals surface area contributed by atoms with E-state index in [9.17, 15) is 0 Å². The van der Waals surface area contributed by atoms with Gasteiger partial charge in [-0.2, -0.15) is 0 Å². The second kappa shape index (κ2) is 2.72. The molecule has 0 saturated carbocycles. The highest BCUT2D eigenvalue weighted by atomic mass is 16.3. The van der Waals surface area contributed by atoms with Crippen LogP contribution in [0.1, 0.15) is 11.6 Å². The van der Waals surface area contributed by atoms with Gasteiger partial charge in [0.2, 0.25) is 0 Å². The standard InChI is InChI=1S/C10H11N3O/c11-5-10-12-6-8-7-2-4-14-9(7)1-3-13(8)10/h2,4,6H,1,3,5,11H2. The molecule has 4 heteroatoms. The van der Waals surface area contributed by atoms with Crippen LogP contribution < -0.4 is 5.73 Å². The molecule has 0 fully saturated rings. The summed E-state index contributed by atoms with van der Waals surface area (Å²) in [7, 11) is 0. The molecule has 0 aliphatic carbocycles. The first-order valence-electron chi connectivity index (χ1n) is 4.71. The highest BCUT2D eigenvalue weighted by molar-refractivity contribution is 5.63. The van der Waals surface area contributed by atoms with Gasteiger partial charge < -0.3 is 14.7 Å². The van der Waals surface area contributed by atoms with Crippen LogP contribution in [0, 0.1) is 0 Å². The van der Waals surface area contributed by atoms with Crippen LogP contribution in [0.25, 0.3) is 11.3 Å². The van der Waals surface area contributed by atoms with E-state index < -0.39 is 0 Å². The molecular weight excluding hydrogens is 178 g/mol. The number of furan rings is 1. The van der Waals surface area contributed by atoms with E-state index in [1.807, 2.05) is 12.3 Å². The lowest BCUT2D eigenvalue weighted by Crippen LogP contribution is -2.14. The zero-order valence-corrected chi connectivity index (χ0v) is 7.73. The van der Waals surface area contributed by atoms with Crippen molar-refractivity contribution in [1.82, 2.24) is 9.55 Å². The minimum Gasteiger partial charge on any atom is -0.469 e. The Hall–Kier alpha value is -1.55. The molecule has 2 N–H and O–H groups in total. The van der Waals surface area contributed by atoms with Crippen molar-refractivity contribution in [2.24, 2.45) is 5.73 Å². The third-order valence-corrected chi connectivity index (χ3v) is 2.70. The van der Waals surface area contributed by atoms with Crippen LogP contribution in [-0.2, 0) is 19.5 Å². The van der Waals surface area contributed by atoms with Gasteiger partial charge >= 0.3 is 0 Å². The maximum absolute atomic E-state index is 5.61. The number of hydrogen-bond donors (Lipinski definition) is 1. The minimum absolute atomic E-state index is 0.493. The number of imidazole rings is 1. The lowest BCUT2D eigenvalue weighted by atomic mass is 10.1. The fourth-order valence-corrected chi connectivity index (χ4v) is 2.02. The maximum atomic E-state index is 5.61. The van der Waals surface area contributed by atoms with Crippen LogP contribution in [0.3, 0.4) is 0 Å². The summed E-state index contributed by atoms with van der Waals surface area (Å²) in [5.74, 6) is 2.01. The maximum Gasteiger partial charge on any atom is 0.122 e. The molecule has 4 nitrogen and oxygen atoms in total. The first-order chi connectivity index (χ1) is 6.90. The smallest absolute Gasteiger partial charge is 0.122 e. The van der Waals surface area contributed by atoms with E-state index in [0.717, 1.165) is 35.8 Å². The molecular formula is C10H11N3O. The van der Waals surface area contributed by atoms with Gasteiger partial charge in [-0.1, -0.05) is 0 Å². The van der Waals surface area contributed by atoms with Crippen LogP contribution in [-0.4, -0.2) is 9.55 Å². The molecule has 1 aliphatic rings. The van der Waals surface area contributed by atoms with Gasteiger partial charge in [-0.3, -0.25) is 0 Å². The molecule has 0 saturated heterocycles. The van der Waals surface area contributed by atoms with Crippen LogP contribution in [0.2, 0.25) is 0 Å². The molecule has 0 spiro atoms. The normalized spacial score (nSPS) is 13.8. The highest BCUT2D eigenvalue weighted by Gasteiger charge is 2.20. The Bertz CT molecular complexity index is 469. The summed E-state index contributed by atoms with van der Waals surface area (Å²) in [4.78, 5) is 4.29. The molecule has 14 heavy (non-hydrogen) atoms. The highest BCUT2D eigenvalue weighted by Crippen LogP contribution is 2.30. The third kappa shape index (κ3) is 0.886. The van der Waals surface area contributed by atoms with E-state index in [1.165, 1.54) is 0 Å². The van der Waals surface area contributed by atoms with Crippen molar-refractivity contribution in [1.29, 1.82) is 0 Å². The van der Waals surface area contributed by atoms with E-state index in [2.05, 4.69) is 9.55 Å². The van der Waals surface area contributed by atoms with Crippen molar-refractivity contribution in [2.75, 3.05) is 0 Å². The number of aryl methyl sites for hydroxylation is 1. The predicted molar refractivity (Wildman–Crippen MR) is 51.5 cm³/mol. The number of fused-ring (bicyclic) bond motifs is 3. The predicted octanol–water partition coefficient (Wildman–Crippen LogP) is 1.16. The van der Waals surface area contributed by atoms with Crippen molar-refractivity contribution < 1.29 is 4.42 Å². The van der Waals surface area contributed by atoms with Crippen LogP contribution in [0.5, 0.6) is 0 Å². The minimum atomic E-state index is 0.493. The fourth-order valence-electron chi connectivity index (χ4n) is 2.02. The monoisotopic (exact) mass is 189 g/mol. The Kier molecular flexibility index (Phi) is 1.52. The van der Waals surface area contributed by atoms with E-state index in [0.29, 0.717) is 6.54 Å². The van der Waals surface area contributed by atoms with E-state index >= 15 is 0 Å². The SMILES string of the molecule is NCc1ncc2n1CCc1occc1-2. The summed E-state index contributed by atoms with van der Waals surface area (Å²) in [6.07, 6.45) is 4.53. The van der Waals surface area contributed by atoms with E-state index in [1.54, 1.807) is 6.26 Å². The first-order valence-corrected chi connectivity index (χ1v) is 4.71. The van der Waals surface area contributed by atoms with Crippen LogP contribution >= 0.6 is 0 Å². The summed E-state index contributed by atoms with van der Waals surface area (Å²) in [6.45, 7) is 1.41. The molecule has 3 rings (SSSR count). The average molecular weight is 189 g/mol. The number of nitrogens with two attached hydrogens (primary N) is 1. The number of hydrogen-bond acceptors (Lipinski definition) is 3. The first kappa shape index (κ1) is 7.82. The zero-order chi connectivity index (χ0) is 9.54. The van der Waals surface area contributed by atoms with Crippen molar-refractivity contribution in [3.63, 3.8) is 0 Å². The van der Waals surface area contributed by atoms with Crippen molar-refractivity contribution in [2.45, 2.75) is 19.5 Å². The van der Waals surface area contributed by atoms with Crippen molar-refractivity contribution in [3.8, 4) is 11.3 Å². The molecule has 3 heterocycles. The summed E-state index contributed by atoms with van der Waals surface area (Å²) in [6, 6.07) is 1.99. The quantitative estimate of drug-likeness (QED) is 0.732. The Morgan fingerprint density at radius 2 is 2.50 bits per heavy atom. The molecule has 0 atom stereocenters. The molecule has 1 aliphatic heterocycles. The van der Waals surface area contributed by atoms with Gasteiger partial charge in [0.15, 0.2) is 0 Å². The molecule has 0 amide bonds. The van der Waals surface area contributed by atoms with Gasteiger partial charge in [0, 0.05) is 18.5 Å². The largest absolute Gasteiger partial charge is 0.469 e. The van der Waals surface area contributed by atoms with Crippen molar-refractivity contribution in [3.05, 3.63) is 30.1 Å². The Morgan fingerprint density at radius 1 is 1.57 bits per heavy atom. The summed E-state index contributed by atoms with van der Waals surface area (Å²) < 4.78 is 7.55. The molecule has 2 aromatic rings. The molecule has 0 radical (unpaired) electrons. The molecule has 2 aromatic heterocycles. The second-order valence-electron chi connectivity index (χ2n) is 3.42. The van der Waals surface area contributed by atoms with E-state index in [4.69, 9.17) is 10.2 Å². The summed E-state index contributed by atoms with van der Waals surface area (Å²) in [5, 5.41) is 0. The van der Waals surface area contributed by atoms with Gasteiger partial charge in [0.25, 0.3) is 0 Å². The zero-order valence-electron chi connectivity index (χ0n) is 7.73. The molecule has 0 unspecified atom stereocenters. The lowest BCUT2D eigenvalue weighted by Gasteiger charge is -2.15. The average Bonchev–Trinajstić information content (AvgIpc) is 2.82. The van der Waals surface area contributed by atoms with Gasteiger partial charge in [-0.05, 0) is 6.07 Å². The Balaban J connectivity index is 2.22. The Morgan fingerprint density at radius 3 is 3.36 bits per heavy atom. The summed E-state index contributed by atoms with van der Waals surface area (Å²) >= 11 is 0. The number of aromatic nitrogens is 2. The van der Waals surface area contributed by atoms with E-state index in [-0.39, 0.29) is 0 Å². The Labute approximate surface area is 81.4 Å². The number of nitrogens with zero attached hydrogens (tertiary/aromatic N) is 2. The second-order valence-corrected chi connectivity index (χ2v) is 3.42. The third-order valence-electron chi connectivity index (χ3n) is 2.70. The number of rotatable bonds is 1. The van der Waals surface area contributed by atoms with Crippen LogP contribution in [0.15, 0.2) is 22.9 Å². The topological polar surface area (TPSA) is 57.0 Å². The summed E-state index contributed by atoms with van der Waals surface area (Å²) in [5.41, 5.74) is 7.89.